The Hall–Kier alpha value is -0.940. The number of hydrogen-bond donors (Lipinski definition) is 3. The molecule has 0 unspecified atom stereocenters. The summed E-state index contributed by atoms with van der Waals surface area (Å²) in [6.07, 6.45) is 12.5. The number of ether oxygens (including phenoxy) is 1. The molecule has 3 N–H and O–H groups in total. The number of fused-ring (bicyclic) bond motifs is 5. The van der Waals surface area contributed by atoms with Gasteiger partial charge in [0.2, 0.25) is 0 Å². The zero-order chi connectivity index (χ0) is 24.2. The topological polar surface area (TPSA) is 69.9 Å². The second kappa shape index (κ2) is 8.62. The lowest BCUT2D eigenvalue weighted by Gasteiger charge is -2.56. The van der Waals surface area contributed by atoms with Gasteiger partial charge in [-0.1, -0.05) is 57.1 Å². The Morgan fingerprint density at radius 3 is 2.45 bits per heavy atom. The smallest absolute Gasteiger partial charge is 0.0841 e. The van der Waals surface area contributed by atoms with Crippen LogP contribution in [-0.2, 0) is 4.74 Å². The van der Waals surface area contributed by atoms with Crippen LogP contribution >= 0.6 is 0 Å². The lowest BCUT2D eigenvalue weighted by Crippen LogP contribution is -2.52. The van der Waals surface area contributed by atoms with Crippen molar-refractivity contribution >= 4 is 0 Å². The maximum absolute atomic E-state index is 11.1. The molecule has 2 saturated carbocycles. The first kappa shape index (κ1) is 25.2. The van der Waals surface area contributed by atoms with Crippen molar-refractivity contribution in [3.63, 3.8) is 0 Å². The highest BCUT2D eigenvalue weighted by Gasteiger charge is 2.58. The molecule has 33 heavy (non-hydrogen) atoms. The van der Waals surface area contributed by atoms with Crippen molar-refractivity contribution in [1.82, 2.24) is 0 Å². The Morgan fingerprint density at radius 2 is 1.79 bits per heavy atom. The molecule has 4 nitrogen and oxygen atoms in total. The quantitative estimate of drug-likeness (QED) is 0.442. The third kappa shape index (κ3) is 3.99. The van der Waals surface area contributed by atoms with Crippen LogP contribution < -0.4 is 0 Å². The van der Waals surface area contributed by atoms with Crippen molar-refractivity contribution in [2.24, 2.45) is 22.7 Å². The van der Waals surface area contributed by atoms with Crippen LogP contribution in [0.15, 0.2) is 34.9 Å². The van der Waals surface area contributed by atoms with E-state index in [0.29, 0.717) is 37.7 Å². The van der Waals surface area contributed by atoms with Crippen molar-refractivity contribution < 1.29 is 20.1 Å². The van der Waals surface area contributed by atoms with Crippen LogP contribution in [0.3, 0.4) is 0 Å². The molecular weight excluding hydrogens is 412 g/mol. The molecule has 0 amide bonds. The first-order valence-electron chi connectivity index (χ1n) is 13.3. The molecule has 0 aromatic heterocycles. The van der Waals surface area contributed by atoms with E-state index in [1.807, 2.05) is 13.8 Å². The van der Waals surface area contributed by atoms with Crippen LogP contribution in [0.5, 0.6) is 0 Å². The molecule has 4 aliphatic rings. The molecule has 0 aromatic carbocycles. The molecule has 4 aliphatic carbocycles. The zero-order valence-corrected chi connectivity index (χ0v) is 21.7. The predicted octanol–water partition coefficient (Wildman–Crippen LogP) is 5.47. The van der Waals surface area contributed by atoms with E-state index in [2.05, 4.69) is 45.9 Å². The summed E-state index contributed by atoms with van der Waals surface area (Å²) in [5.41, 5.74) is 2.90. The molecule has 186 valence electrons. The Morgan fingerprint density at radius 1 is 1.09 bits per heavy atom. The average Bonchev–Trinajstić information content (AvgIpc) is 3.13. The van der Waals surface area contributed by atoms with Gasteiger partial charge in [0.05, 0.1) is 30.0 Å². The summed E-state index contributed by atoms with van der Waals surface area (Å²) in [6, 6.07) is 0. The third-order valence-corrected chi connectivity index (χ3v) is 10.2. The molecule has 0 aliphatic heterocycles. The highest BCUT2D eigenvalue weighted by Crippen LogP contribution is 2.64. The van der Waals surface area contributed by atoms with Gasteiger partial charge in [-0.25, -0.2) is 0 Å². The number of allylic oxidation sites excluding steroid dienone is 4. The zero-order valence-electron chi connectivity index (χ0n) is 21.7. The average molecular weight is 459 g/mol. The summed E-state index contributed by atoms with van der Waals surface area (Å²) in [5.74, 6) is 0.782. The first-order valence-corrected chi connectivity index (χ1v) is 13.3. The van der Waals surface area contributed by atoms with Gasteiger partial charge in [0.15, 0.2) is 0 Å². The second-order valence-corrected chi connectivity index (χ2v) is 12.2. The fraction of sp³-hybridized carbons (Fsp3) is 0.793. The predicted molar refractivity (Wildman–Crippen MR) is 133 cm³/mol. The minimum Gasteiger partial charge on any atom is -0.393 e. The molecule has 2 fully saturated rings. The summed E-state index contributed by atoms with van der Waals surface area (Å²) in [6.45, 7) is 13.7. The molecule has 6 atom stereocenters. The lowest BCUT2D eigenvalue weighted by atomic mass is 9.49. The third-order valence-electron chi connectivity index (χ3n) is 10.2. The highest BCUT2D eigenvalue weighted by atomic mass is 16.5. The second-order valence-electron chi connectivity index (χ2n) is 12.2. The van der Waals surface area contributed by atoms with E-state index in [-0.39, 0.29) is 16.4 Å². The van der Waals surface area contributed by atoms with Crippen LogP contribution in [0.4, 0.5) is 0 Å². The summed E-state index contributed by atoms with van der Waals surface area (Å²) in [7, 11) is 0. The van der Waals surface area contributed by atoms with E-state index in [1.54, 1.807) is 0 Å². The Bertz CT molecular complexity index is 848. The van der Waals surface area contributed by atoms with Gasteiger partial charge in [-0.15, -0.1) is 0 Å². The Kier molecular flexibility index (Phi) is 6.57. The molecule has 0 aromatic rings. The van der Waals surface area contributed by atoms with Gasteiger partial charge < -0.3 is 20.1 Å². The molecular formula is C29H46O4. The van der Waals surface area contributed by atoms with Crippen LogP contribution in [0.25, 0.3) is 0 Å². The standard InChI is InChI=1S/C29H46O4/c1-7-29(32,8-2)15-16-33-26(3,4)24-12-11-22-21-10-9-19-17-20(30)18-25(31)28(19,6)23(21)13-14-27(22,24)5/h9-10,12,20,22-23,25,30-32H,7-8,11,13-18H2,1-6H3/t20-,22+,23+,25+,27+,28+/m1/s1. The van der Waals surface area contributed by atoms with Gasteiger partial charge in [-0.3, -0.25) is 0 Å². The van der Waals surface area contributed by atoms with Crippen LogP contribution in [-0.4, -0.2) is 45.3 Å². The van der Waals surface area contributed by atoms with E-state index in [0.717, 1.165) is 32.1 Å². The van der Waals surface area contributed by atoms with Crippen molar-refractivity contribution in [2.45, 2.75) is 116 Å². The van der Waals surface area contributed by atoms with Gasteiger partial charge in [0.25, 0.3) is 0 Å². The minimum absolute atomic E-state index is 0.0541. The number of aliphatic hydroxyl groups excluding tert-OH is 2. The van der Waals surface area contributed by atoms with Crippen molar-refractivity contribution in [3.05, 3.63) is 34.9 Å². The molecule has 0 heterocycles. The molecule has 4 rings (SSSR count). The number of hydrogen-bond acceptors (Lipinski definition) is 4. The molecule has 4 heteroatoms. The van der Waals surface area contributed by atoms with Crippen LogP contribution in [0, 0.1) is 22.7 Å². The number of rotatable bonds is 7. The molecule has 0 saturated heterocycles. The van der Waals surface area contributed by atoms with E-state index >= 15 is 0 Å². The van der Waals surface area contributed by atoms with E-state index in [1.165, 1.54) is 16.7 Å². The van der Waals surface area contributed by atoms with Crippen molar-refractivity contribution in [3.8, 4) is 0 Å². The first-order chi connectivity index (χ1) is 15.4. The summed E-state index contributed by atoms with van der Waals surface area (Å²) in [5, 5.41) is 32.0. The van der Waals surface area contributed by atoms with Crippen LogP contribution in [0.1, 0.15) is 92.9 Å². The lowest BCUT2D eigenvalue weighted by molar-refractivity contribution is -0.0612. The van der Waals surface area contributed by atoms with Crippen molar-refractivity contribution in [2.75, 3.05) is 6.61 Å². The van der Waals surface area contributed by atoms with Gasteiger partial charge in [-0.2, -0.15) is 0 Å². The summed E-state index contributed by atoms with van der Waals surface area (Å²) >= 11 is 0. The van der Waals surface area contributed by atoms with E-state index < -0.39 is 17.8 Å². The molecule has 0 radical (unpaired) electrons. The fourth-order valence-corrected chi connectivity index (χ4v) is 7.75. The number of aliphatic hydroxyl groups is 3. The largest absolute Gasteiger partial charge is 0.393 e. The molecule has 0 spiro atoms. The minimum atomic E-state index is -0.633. The Balaban J connectivity index is 1.54. The SMILES string of the molecule is CCC(O)(CC)CCOC(C)(C)C1=CC[C@H]2C3=CC=C4C[C@@H](O)C[C@H](O)[C@]4(C)[C@H]3CC[C@]12C. The summed E-state index contributed by atoms with van der Waals surface area (Å²) < 4.78 is 6.47. The fourth-order valence-electron chi connectivity index (χ4n) is 7.75. The summed E-state index contributed by atoms with van der Waals surface area (Å²) in [4.78, 5) is 0. The highest BCUT2D eigenvalue weighted by molar-refractivity contribution is 5.44. The van der Waals surface area contributed by atoms with Gasteiger partial charge in [0, 0.05) is 11.8 Å². The maximum Gasteiger partial charge on any atom is 0.0841 e. The van der Waals surface area contributed by atoms with Gasteiger partial charge in [-0.05, 0) is 81.6 Å². The monoisotopic (exact) mass is 458 g/mol. The van der Waals surface area contributed by atoms with Gasteiger partial charge >= 0.3 is 0 Å². The Labute approximate surface area is 200 Å². The van der Waals surface area contributed by atoms with Crippen LogP contribution in [0.2, 0.25) is 0 Å². The van der Waals surface area contributed by atoms with E-state index in [4.69, 9.17) is 4.74 Å². The van der Waals surface area contributed by atoms with E-state index in [9.17, 15) is 15.3 Å². The maximum atomic E-state index is 11.1. The normalized spacial score (nSPS) is 38.6. The van der Waals surface area contributed by atoms with Crippen molar-refractivity contribution in [1.29, 1.82) is 0 Å². The van der Waals surface area contributed by atoms with Gasteiger partial charge in [0.1, 0.15) is 0 Å². The molecule has 0 bridgehead atoms.